The first-order valence-electron chi connectivity index (χ1n) is 4.50. The number of nitrogens with zero attached hydrogens (tertiary/aromatic N) is 2. The van der Waals surface area contributed by atoms with Crippen LogP contribution < -0.4 is 5.69 Å². The minimum Gasteiger partial charge on any atom is -0.297 e. The molecule has 78 valence electrons. The summed E-state index contributed by atoms with van der Waals surface area (Å²) >= 11 is 9.96. The fourth-order valence-corrected chi connectivity index (χ4v) is 1.69. The standard InChI is InChI=1S/C9H13ClN2OS/c1-2-7(6-14)4-12-5-8(10)3-11-9(12)13/h3,5,7,14H,2,4,6H2,1H3. The Morgan fingerprint density at radius 1 is 1.71 bits per heavy atom. The Morgan fingerprint density at radius 3 is 3.00 bits per heavy atom. The molecule has 0 bridgehead atoms. The molecule has 1 unspecified atom stereocenters. The van der Waals surface area contributed by atoms with Crippen LogP contribution >= 0.6 is 24.2 Å². The summed E-state index contributed by atoms with van der Waals surface area (Å²) in [5.41, 5.74) is -0.255. The third-order valence-corrected chi connectivity index (χ3v) is 2.83. The molecule has 1 heterocycles. The molecule has 0 aliphatic rings. The first-order chi connectivity index (χ1) is 6.67. The van der Waals surface area contributed by atoms with Crippen LogP contribution in [0.4, 0.5) is 0 Å². The van der Waals surface area contributed by atoms with E-state index >= 15 is 0 Å². The Balaban J connectivity index is 2.85. The number of rotatable bonds is 4. The van der Waals surface area contributed by atoms with E-state index in [-0.39, 0.29) is 5.69 Å². The fourth-order valence-electron chi connectivity index (χ4n) is 1.15. The minimum atomic E-state index is -0.255. The van der Waals surface area contributed by atoms with Crippen molar-refractivity contribution in [3.63, 3.8) is 0 Å². The molecule has 0 saturated carbocycles. The summed E-state index contributed by atoms with van der Waals surface area (Å²) in [4.78, 5) is 15.0. The fraction of sp³-hybridized carbons (Fsp3) is 0.556. The van der Waals surface area contributed by atoms with Gasteiger partial charge in [-0.2, -0.15) is 12.6 Å². The van der Waals surface area contributed by atoms with E-state index in [2.05, 4.69) is 24.5 Å². The van der Waals surface area contributed by atoms with E-state index in [4.69, 9.17) is 11.6 Å². The lowest BCUT2D eigenvalue weighted by Gasteiger charge is -2.12. The maximum Gasteiger partial charge on any atom is 0.347 e. The van der Waals surface area contributed by atoms with Crippen molar-refractivity contribution in [2.45, 2.75) is 19.9 Å². The molecule has 0 amide bonds. The summed E-state index contributed by atoms with van der Waals surface area (Å²) in [5, 5.41) is 0.485. The van der Waals surface area contributed by atoms with Gasteiger partial charge in [-0.15, -0.1) is 0 Å². The molecule has 1 aromatic rings. The number of aromatic nitrogens is 2. The van der Waals surface area contributed by atoms with Gasteiger partial charge in [0.05, 0.1) is 11.2 Å². The highest BCUT2D eigenvalue weighted by molar-refractivity contribution is 7.80. The second-order valence-electron chi connectivity index (χ2n) is 3.16. The number of hydrogen-bond acceptors (Lipinski definition) is 3. The topological polar surface area (TPSA) is 34.9 Å². The molecule has 5 heteroatoms. The predicted octanol–water partition coefficient (Wildman–Crippen LogP) is 1.85. The van der Waals surface area contributed by atoms with Crippen molar-refractivity contribution < 1.29 is 0 Å². The number of halogens is 1. The molecule has 0 radical (unpaired) electrons. The van der Waals surface area contributed by atoms with E-state index < -0.39 is 0 Å². The van der Waals surface area contributed by atoms with Crippen LogP contribution in [0, 0.1) is 5.92 Å². The van der Waals surface area contributed by atoms with Gasteiger partial charge < -0.3 is 0 Å². The van der Waals surface area contributed by atoms with Crippen LogP contribution in [0.25, 0.3) is 0 Å². The van der Waals surface area contributed by atoms with Crippen LogP contribution in [0.2, 0.25) is 5.02 Å². The van der Waals surface area contributed by atoms with Crippen LogP contribution in [0.1, 0.15) is 13.3 Å². The van der Waals surface area contributed by atoms with Crippen molar-refractivity contribution >= 4 is 24.2 Å². The van der Waals surface area contributed by atoms with Crippen molar-refractivity contribution in [2.75, 3.05) is 5.75 Å². The van der Waals surface area contributed by atoms with Gasteiger partial charge in [-0.3, -0.25) is 4.57 Å². The smallest absolute Gasteiger partial charge is 0.297 e. The Bertz CT molecular complexity index is 349. The first kappa shape index (κ1) is 11.6. The van der Waals surface area contributed by atoms with Crippen molar-refractivity contribution in [2.24, 2.45) is 5.92 Å². The van der Waals surface area contributed by atoms with Crippen molar-refractivity contribution in [1.29, 1.82) is 0 Å². The SMILES string of the molecule is CCC(CS)Cn1cc(Cl)cnc1=O. The van der Waals surface area contributed by atoms with Gasteiger partial charge in [0.2, 0.25) is 0 Å². The molecule has 0 spiro atoms. The van der Waals surface area contributed by atoms with Gasteiger partial charge in [-0.1, -0.05) is 24.9 Å². The third kappa shape index (κ3) is 3.03. The van der Waals surface area contributed by atoms with E-state index in [9.17, 15) is 4.79 Å². The zero-order valence-corrected chi connectivity index (χ0v) is 9.63. The second kappa shape index (κ2) is 5.41. The Morgan fingerprint density at radius 2 is 2.43 bits per heavy atom. The largest absolute Gasteiger partial charge is 0.347 e. The third-order valence-electron chi connectivity index (χ3n) is 2.11. The molecule has 1 rings (SSSR count). The van der Waals surface area contributed by atoms with Crippen molar-refractivity contribution in [1.82, 2.24) is 9.55 Å². The molecule has 1 aromatic heterocycles. The molecule has 0 aliphatic heterocycles. The lowest BCUT2D eigenvalue weighted by Crippen LogP contribution is -2.25. The van der Waals surface area contributed by atoms with E-state index in [1.165, 1.54) is 10.8 Å². The maximum atomic E-state index is 11.3. The van der Waals surface area contributed by atoms with Crippen LogP contribution in [-0.2, 0) is 6.54 Å². The lowest BCUT2D eigenvalue weighted by molar-refractivity contribution is 0.462. The van der Waals surface area contributed by atoms with Gasteiger partial charge in [-0.25, -0.2) is 9.78 Å². The minimum absolute atomic E-state index is 0.255. The van der Waals surface area contributed by atoms with Gasteiger partial charge in [0.1, 0.15) is 0 Å². The van der Waals surface area contributed by atoms with E-state index in [0.29, 0.717) is 17.5 Å². The maximum absolute atomic E-state index is 11.3. The van der Waals surface area contributed by atoms with Crippen LogP contribution in [-0.4, -0.2) is 15.3 Å². The molecule has 3 nitrogen and oxygen atoms in total. The van der Waals surface area contributed by atoms with Gasteiger partial charge in [0.15, 0.2) is 0 Å². The highest BCUT2D eigenvalue weighted by atomic mass is 35.5. The van der Waals surface area contributed by atoms with Gasteiger partial charge in [0.25, 0.3) is 0 Å². The van der Waals surface area contributed by atoms with E-state index in [1.807, 2.05) is 0 Å². The average molecular weight is 233 g/mol. The summed E-state index contributed by atoms with van der Waals surface area (Å²) in [6.45, 7) is 2.70. The summed E-state index contributed by atoms with van der Waals surface area (Å²) in [6, 6.07) is 0. The number of thiol groups is 1. The molecule has 0 fully saturated rings. The Hall–Kier alpha value is -0.480. The lowest BCUT2D eigenvalue weighted by atomic mass is 10.1. The average Bonchev–Trinajstić information content (AvgIpc) is 2.19. The summed E-state index contributed by atoms with van der Waals surface area (Å²) in [7, 11) is 0. The molecular weight excluding hydrogens is 220 g/mol. The van der Waals surface area contributed by atoms with Crippen LogP contribution in [0.5, 0.6) is 0 Å². The van der Waals surface area contributed by atoms with E-state index in [1.54, 1.807) is 6.20 Å². The molecular formula is C9H13ClN2OS. The zero-order valence-electron chi connectivity index (χ0n) is 7.98. The van der Waals surface area contributed by atoms with Crippen LogP contribution in [0.15, 0.2) is 17.2 Å². The van der Waals surface area contributed by atoms with Gasteiger partial charge in [0, 0.05) is 12.7 Å². The van der Waals surface area contributed by atoms with Crippen molar-refractivity contribution in [3.8, 4) is 0 Å². The summed E-state index contributed by atoms with van der Waals surface area (Å²) in [5.74, 6) is 1.14. The normalized spacial score (nSPS) is 12.8. The molecule has 0 aromatic carbocycles. The Labute approximate surface area is 93.5 Å². The van der Waals surface area contributed by atoms with Crippen LogP contribution in [0.3, 0.4) is 0 Å². The second-order valence-corrected chi connectivity index (χ2v) is 3.97. The summed E-state index contributed by atoms with van der Waals surface area (Å²) in [6.07, 6.45) is 3.97. The highest BCUT2D eigenvalue weighted by Crippen LogP contribution is 2.08. The molecule has 0 aliphatic carbocycles. The monoisotopic (exact) mass is 232 g/mol. The number of hydrogen-bond donors (Lipinski definition) is 1. The molecule has 0 saturated heterocycles. The quantitative estimate of drug-likeness (QED) is 0.805. The predicted molar refractivity (Wildman–Crippen MR) is 61.1 cm³/mol. The van der Waals surface area contributed by atoms with Gasteiger partial charge in [-0.05, 0) is 11.7 Å². The first-order valence-corrected chi connectivity index (χ1v) is 5.51. The molecule has 1 atom stereocenters. The molecule has 0 N–H and O–H groups in total. The highest BCUT2D eigenvalue weighted by Gasteiger charge is 2.06. The van der Waals surface area contributed by atoms with Gasteiger partial charge >= 0.3 is 5.69 Å². The van der Waals surface area contributed by atoms with Crippen molar-refractivity contribution in [3.05, 3.63) is 27.9 Å². The zero-order chi connectivity index (χ0) is 10.6. The van der Waals surface area contributed by atoms with E-state index in [0.717, 1.165) is 12.2 Å². The molecule has 14 heavy (non-hydrogen) atoms. The summed E-state index contributed by atoms with van der Waals surface area (Å²) < 4.78 is 1.53. The Kier molecular flexibility index (Phi) is 4.48.